The third kappa shape index (κ3) is 6.40. The second kappa shape index (κ2) is 7.31. The van der Waals surface area contributed by atoms with E-state index in [0.717, 1.165) is 0 Å². The average Bonchev–Trinajstić information content (AvgIpc) is 2.35. The standard InChI is InChI=1S/C14H24N2O3/c1-5-18-12-7-6-8-15-13(12)19-10-11(17)9-16-14(2,3)4/h6-8,11,16-17H,5,9-10H2,1-4H3. The van der Waals surface area contributed by atoms with Crippen molar-refractivity contribution >= 4 is 0 Å². The molecular formula is C14H24N2O3. The summed E-state index contributed by atoms with van der Waals surface area (Å²) in [7, 11) is 0. The van der Waals surface area contributed by atoms with Gasteiger partial charge in [0.25, 0.3) is 5.88 Å². The number of pyridine rings is 1. The number of ether oxygens (including phenoxy) is 2. The first kappa shape index (κ1) is 15.7. The Labute approximate surface area is 115 Å². The van der Waals surface area contributed by atoms with Crippen molar-refractivity contribution < 1.29 is 14.6 Å². The van der Waals surface area contributed by atoms with Gasteiger partial charge in [-0.15, -0.1) is 0 Å². The van der Waals surface area contributed by atoms with E-state index < -0.39 is 6.10 Å². The highest BCUT2D eigenvalue weighted by molar-refractivity contribution is 5.32. The van der Waals surface area contributed by atoms with Crippen LogP contribution in [-0.4, -0.2) is 41.5 Å². The van der Waals surface area contributed by atoms with Crippen molar-refractivity contribution in [1.82, 2.24) is 10.3 Å². The molecule has 0 aliphatic carbocycles. The van der Waals surface area contributed by atoms with E-state index in [1.807, 2.05) is 27.7 Å². The van der Waals surface area contributed by atoms with Crippen LogP contribution in [0.4, 0.5) is 0 Å². The zero-order chi connectivity index (χ0) is 14.3. The normalized spacial score (nSPS) is 13.1. The molecule has 108 valence electrons. The van der Waals surface area contributed by atoms with Gasteiger partial charge in [-0.25, -0.2) is 4.98 Å². The zero-order valence-corrected chi connectivity index (χ0v) is 12.1. The number of aliphatic hydroxyl groups excluding tert-OH is 1. The number of β-amino-alcohol motifs (C(OH)–C–C–N with tert-alkyl or cyclic N) is 1. The van der Waals surface area contributed by atoms with Gasteiger partial charge in [0.1, 0.15) is 12.7 Å². The molecule has 2 N–H and O–H groups in total. The summed E-state index contributed by atoms with van der Waals surface area (Å²) in [4.78, 5) is 4.10. The first-order chi connectivity index (χ1) is 8.92. The Morgan fingerprint density at radius 1 is 1.37 bits per heavy atom. The molecule has 0 aliphatic heterocycles. The Hall–Kier alpha value is -1.33. The Morgan fingerprint density at radius 3 is 2.74 bits per heavy atom. The van der Waals surface area contributed by atoms with Crippen molar-refractivity contribution in [1.29, 1.82) is 0 Å². The Bertz CT molecular complexity index is 377. The Morgan fingerprint density at radius 2 is 2.11 bits per heavy atom. The lowest BCUT2D eigenvalue weighted by molar-refractivity contribution is 0.0955. The number of aromatic nitrogens is 1. The maximum atomic E-state index is 9.84. The van der Waals surface area contributed by atoms with Gasteiger partial charge < -0.3 is 19.9 Å². The van der Waals surface area contributed by atoms with E-state index in [9.17, 15) is 5.11 Å². The predicted molar refractivity (Wildman–Crippen MR) is 74.7 cm³/mol. The van der Waals surface area contributed by atoms with Crippen LogP contribution in [-0.2, 0) is 0 Å². The van der Waals surface area contributed by atoms with Gasteiger partial charge in [0, 0.05) is 18.3 Å². The van der Waals surface area contributed by atoms with Crippen LogP contribution < -0.4 is 14.8 Å². The van der Waals surface area contributed by atoms with Crippen LogP contribution in [0, 0.1) is 0 Å². The number of rotatable bonds is 7. The third-order valence-corrected chi connectivity index (χ3v) is 2.32. The molecule has 0 fully saturated rings. The summed E-state index contributed by atoms with van der Waals surface area (Å²) in [6, 6.07) is 3.58. The van der Waals surface area contributed by atoms with Gasteiger partial charge >= 0.3 is 0 Å². The largest absolute Gasteiger partial charge is 0.488 e. The molecule has 0 aliphatic rings. The van der Waals surface area contributed by atoms with Crippen LogP contribution in [0.3, 0.4) is 0 Å². The predicted octanol–water partition coefficient (Wildman–Crippen LogP) is 1.61. The molecule has 0 bridgehead atoms. The third-order valence-electron chi connectivity index (χ3n) is 2.32. The quantitative estimate of drug-likeness (QED) is 0.786. The van der Waals surface area contributed by atoms with E-state index in [1.54, 1.807) is 18.3 Å². The summed E-state index contributed by atoms with van der Waals surface area (Å²) in [5.41, 5.74) is -0.0253. The van der Waals surface area contributed by atoms with Crippen LogP contribution in [0.5, 0.6) is 11.6 Å². The molecule has 19 heavy (non-hydrogen) atoms. The number of nitrogens with one attached hydrogen (secondary N) is 1. The van der Waals surface area contributed by atoms with Gasteiger partial charge in [-0.3, -0.25) is 0 Å². The molecule has 0 aromatic carbocycles. The molecular weight excluding hydrogens is 244 g/mol. The molecule has 5 nitrogen and oxygen atoms in total. The fraction of sp³-hybridized carbons (Fsp3) is 0.643. The fourth-order valence-corrected chi connectivity index (χ4v) is 1.41. The number of hydrogen-bond acceptors (Lipinski definition) is 5. The zero-order valence-electron chi connectivity index (χ0n) is 12.1. The summed E-state index contributed by atoms with van der Waals surface area (Å²) < 4.78 is 10.9. The van der Waals surface area contributed by atoms with E-state index in [-0.39, 0.29) is 12.1 Å². The summed E-state index contributed by atoms with van der Waals surface area (Å²) in [6.07, 6.45) is 1.05. The van der Waals surface area contributed by atoms with E-state index in [1.165, 1.54) is 0 Å². The highest BCUT2D eigenvalue weighted by Crippen LogP contribution is 2.23. The molecule has 0 spiro atoms. The number of hydrogen-bond donors (Lipinski definition) is 2. The molecule has 1 atom stereocenters. The monoisotopic (exact) mass is 268 g/mol. The SMILES string of the molecule is CCOc1cccnc1OCC(O)CNC(C)(C)C. The minimum Gasteiger partial charge on any atom is -0.488 e. The van der Waals surface area contributed by atoms with E-state index >= 15 is 0 Å². The molecule has 0 saturated carbocycles. The van der Waals surface area contributed by atoms with Crippen molar-refractivity contribution in [2.45, 2.75) is 39.3 Å². The lowest BCUT2D eigenvalue weighted by Gasteiger charge is -2.23. The Kier molecular flexibility index (Phi) is 6.05. The average molecular weight is 268 g/mol. The summed E-state index contributed by atoms with van der Waals surface area (Å²) in [5, 5.41) is 13.1. The molecule has 0 radical (unpaired) electrons. The van der Waals surface area contributed by atoms with E-state index in [0.29, 0.717) is 24.8 Å². The lowest BCUT2D eigenvalue weighted by Crippen LogP contribution is -2.42. The van der Waals surface area contributed by atoms with Crippen LogP contribution in [0.2, 0.25) is 0 Å². The molecule has 1 heterocycles. The molecule has 1 unspecified atom stereocenters. The van der Waals surface area contributed by atoms with Gasteiger partial charge in [0.15, 0.2) is 5.75 Å². The number of aliphatic hydroxyl groups is 1. The van der Waals surface area contributed by atoms with Gasteiger partial charge in [-0.1, -0.05) is 0 Å². The van der Waals surface area contributed by atoms with Crippen molar-refractivity contribution in [3.63, 3.8) is 0 Å². The van der Waals surface area contributed by atoms with Gasteiger partial charge in [0.2, 0.25) is 0 Å². The van der Waals surface area contributed by atoms with Gasteiger partial charge in [0.05, 0.1) is 6.61 Å². The maximum absolute atomic E-state index is 9.84. The van der Waals surface area contributed by atoms with Crippen LogP contribution in [0.15, 0.2) is 18.3 Å². The second-order valence-corrected chi connectivity index (χ2v) is 5.34. The summed E-state index contributed by atoms with van der Waals surface area (Å²) in [6.45, 7) is 9.25. The van der Waals surface area contributed by atoms with Gasteiger partial charge in [-0.2, -0.15) is 0 Å². The van der Waals surface area contributed by atoms with Crippen molar-refractivity contribution in [3.8, 4) is 11.6 Å². The van der Waals surface area contributed by atoms with E-state index in [2.05, 4.69) is 10.3 Å². The van der Waals surface area contributed by atoms with Crippen molar-refractivity contribution in [2.24, 2.45) is 0 Å². The molecule has 1 aromatic heterocycles. The minimum atomic E-state index is -0.587. The first-order valence-corrected chi connectivity index (χ1v) is 6.56. The molecule has 1 rings (SSSR count). The molecule has 1 aromatic rings. The van der Waals surface area contributed by atoms with Crippen molar-refractivity contribution in [2.75, 3.05) is 19.8 Å². The summed E-state index contributed by atoms with van der Waals surface area (Å²) >= 11 is 0. The van der Waals surface area contributed by atoms with Crippen LogP contribution >= 0.6 is 0 Å². The maximum Gasteiger partial charge on any atom is 0.257 e. The fourth-order valence-electron chi connectivity index (χ4n) is 1.41. The minimum absolute atomic E-state index is 0.0253. The second-order valence-electron chi connectivity index (χ2n) is 5.34. The highest BCUT2D eigenvalue weighted by atomic mass is 16.5. The van der Waals surface area contributed by atoms with Gasteiger partial charge in [-0.05, 0) is 39.8 Å². The van der Waals surface area contributed by atoms with E-state index in [4.69, 9.17) is 9.47 Å². The highest BCUT2D eigenvalue weighted by Gasteiger charge is 2.14. The lowest BCUT2D eigenvalue weighted by atomic mass is 10.1. The van der Waals surface area contributed by atoms with Crippen molar-refractivity contribution in [3.05, 3.63) is 18.3 Å². The number of nitrogens with zero attached hydrogens (tertiary/aromatic N) is 1. The Balaban J connectivity index is 2.43. The summed E-state index contributed by atoms with van der Waals surface area (Å²) in [5.74, 6) is 1.01. The topological polar surface area (TPSA) is 63.6 Å². The molecule has 0 amide bonds. The van der Waals surface area contributed by atoms with Crippen LogP contribution in [0.1, 0.15) is 27.7 Å². The molecule has 5 heteroatoms. The smallest absolute Gasteiger partial charge is 0.257 e. The first-order valence-electron chi connectivity index (χ1n) is 6.56. The molecule has 0 saturated heterocycles. The van der Waals surface area contributed by atoms with Crippen LogP contribution in [0.25, 0.3) is 0 Å².